The number of benzene rings is 2. The zero-order chi connectivity index (χ0) is 20.2. The predicted molar refractivity (Wildman–Crippen MR) is 114 cm³/mol. The molecule has 0 radical (unpaired) electrons. The number of hydrogen-bond acceptors (Lipinski definition) is 1. The highest BCUT2D eigenvalue weighted by atomic mass is 16.2. The van der Waals surface area contributed by atoms with Gasteiger partial charge < -0.3 is 16.8 Å². The zero-order valence-electron chi connectivity index (χ0n) is 17.4. The molecule has 7 N–H and O–H groups in total. The summed E-state index contributed by atoms with van der Waals surface area (Å²) in [4.78, 5) is 13.0. The summed E-state index contributed by atoms with van der Waals surface area (Å²) >= 11 is 0. The molecule has 28 heavy (non-hydrogen) atoms. The second-order valence-corrected chi connectivity index (χ2v) is 7.82. The fourth-order valence-electron chi connectivity index (χ4n) is 3.77. The van der Waals surface area contributed by atoms with E-state index in [0.717, 1.165) is 38.5 Å². The van der Waals surface area contributed by atoms with Gasteiger partial charge >= 0.3 is 0 Å². The van der Waals surface area contributed by atoms with Gasteiger partial charge in [0.25, 0.3) is 0 Å². The molecule has 0 aliphatic heterocycles. The number of carbonyl (C=O) groups excluding carboxylic acids is 1. The van der Waals surface area contributed by atoms with Crippen LogP contribution in [0.2, 0.25) is 0 Å². The largest absolute Gasteiger partial charge is 0.357 e. The van der Waals surface area contributed by atoms with Crippen LogP contribution in [0.3, 0.4) is 0 Å². The molecular weight excluding hydrogens is 346 g/mol. The highest BCUT2D eigenvalue weighted by Gasteiger charge is 2.38. The molecule has 0 spiro atoms. The van der Waals surface area contributed by atoms with E-state index in [2.05, 4.69) is 72.2 Å². The van der Waals surface area contributed by atoms with E-state index in [1.807, 2.05) is 6.07 Å². The number of nitrogens with one attached hydrogen (secondary N) is 1. The Morgan fingerprint density at radius 1 is 0.893 bits per heavy atom. The number of amides is 1. The van der Waals surface area contributed by atoms with E-state index in [1.54, 1.807) is 0 Å². The summed E-state index contributed by atoms with van der Waals surface area (Å²) < 4.78 is 0. The number of rotatable bonds is 12. The molecule has 2 aromatic rings. The van der Waals surface area contributed by atoms with Crippen molar-refractivity contribution >= 4 is 5.91 Å². The summed E-state index contributed by atoms with van der Waals surface area (Å²) in [5, 5.41) is 3.09. The van der Waals surface area contributed by atoms with E-state index >= 15 is 0 Å². The van der Waals surface area contributed by atoms with Crippen LogP contribution in [0, 0.1) is 12.3 Å². The molecule has 2 aromatic carbocycles. The monoisotopic (exact) mass is 383 g/mol. The number of carbonyl (C=O) groups is 1. The van der Waals surface area contributed by atoms with Gasteiger partial charge in [0.2, 0.25) is 5.91 Å². The third kappa shape index (κ3) is 6.77. The molecule has 2 rings (SSSR count). The van der Waals surface area contributed by atoms with Crippen molar-refractivity contribution in [2.75, 3.05) is 19.6 Å². The number of hydrogen-bond donors (Lipinski definition) is 3. The molecule has 0 bridgehead atoms. The van der Waals surface area contributed by atoms with Gasteiger partial charge in [-0.05, 0) is 56.6 Å². The van der Waals surface area contributed by atoms with Gasteiger partial charge in [-0.3, -0.25) is 4.79 Å². The van der Waals surface area contributed by atoms with Gasteiger partial charge in [0, 0.05) is 0 Å². The molecule has 1 atom stereocenters. The fourth-order valence-corrected chi connectivity index (χ4v) is 3.77. The Morgan fingerprint density at radius 3 is 2.00 bits per heavy atom. The van der Waals surface area contributed by atoms with Gasteiger partial charge in [0.1, 0.15) is 0 Å². The van der Waals surface area contributed by atoms with Crippen molar-refractivity contribution in [2.24, 2.45) is 5.41 Å². The van der Waals surface area contributed by atoms with Crippen LogP contribution >= 0.6 is 0 Å². The molecule has 0 heterocycles. The molecule has 0 aromatic heterocycles. The summed E-state index contributed by atoms with van der Waals surface area (Å²) in [5.41, 5.74) is 11.6. The van der Waals surface area contributed by atoms with E-state index in [4.69, 9.17) is 0 Å². The van der Waals surface area contributed by atoms with E-state index in [-0.39, 0.29) is 11.3 Å². The lowest BCUT2D eigenvalue weighted by atomic mass is 9.76. The molecule has 4 nitrogen and oxygen atoms in total. The standard InChI is InChI=1S/C24H35N3O/c1-20-11-13-22(14-12-20)10-6-16-24(19-26,23(28)27-18-17-25)15-5-9-21-7-3-2-4-8-21/h2-4,7-8,11-14H,5-6,9-10,15-19,25-26H2,1H3,(H,27,28)/p+2. The Balaban J connectivity index is 1.98. The highest BCUT2D eigenvalue weighted by molar-refractivity contribution is 5.82. The van der Waals surface area contributed by atoms with Gasteiger partial charge in [-0.1, -0.05) is 60.2 Å². The summed E-state index contributed by atoms with van der Waals surface area (Å²) in [5.74, 6) is 0.156. The first kappa shape index (κ1) is 22.1. The molecule has 1 amide bonds. The van der Waals surface area contributed by atoms with Crippen LogP contribution in [0.25, 0.3) is 0 Å². The molecule has 0 aliphatic rings. The maximum absolute atomic E-state index is 13.0. The fraction of sp³-hybridized carbons (Fsp3) is 0.458. The lowest BCUT2D eigenvalue weighted by Crippen LogP contribution is -2.63. The summed E-state index contributed by atoms with van der Waals surface area (Å²) in [6.45, 7) is 4.10. The zero-order valence-corrected chi connectivity index (χ0v) is 17.4. The Labute approximate surface area is 169 Å². The average Bonchev–Trinajstić information content (AvgIpc) is 2.73. The van der Waals surface area contributed by atoms with Crippen molar-refractivity contribution in [3.63, 3.8) is 0 Å². The second kappa shape index (κ2) is 11.6. The third-order valence-electron chi connectivity index (χ3n) is 5.63. The molecule has 0 saturated heterocycles. The molecule has 0 aliphatic carbocycles. The van der Waals surface area contributed by atoms with Crippen molar-refractivity contribution in [3.05, 3.63) is 71.3 Å². The van der Waals surface area contributed by atoms with Crippen LogP contribution in [0.1, 0.15) is 42.4 Å². The maximum atomic E-state index is 13.0. The van der Waals surface area contributed by atoms with Gasteiger partial charge in [-0.15, -0.1) is 0 Å². The number of quaternary nitrogens is 2. The van der Waals surface area contributed by atoms with Crippen LogP contribution in [-0.2, 0) is 17.6 Å². The van der Waals surface area contributed by atoms with Crippen molar-refractivity contribution in [1.29, 1.82) is 0 Å². The molecule has 0 fully saturated rings. The topological polar surface area (TPSA) is 84.4 Å². The first-order valence-electron chi connectivity index (χ1n) is 10.6. The van der Waals surface area contributed by atoms with E-state index in [1.165, 1.54) is 16.7 Å². The normalized spacial score (nSPS) is 13.1. The van der Waals surface area contributed by atoms with Gasteiger partial charge in [-0.25, -0.2) is 0 Å². The van der Waals surface area contributed by atoms with E-state index in [9.17, 15) is 4.79 Å². The first-order valence-corrected chi connectivity index (χ1v) is 10.6. The Kier molecular flexibility index (Phi) is 9.18. The van der Waals surface area contributed by atoms with Crippen molar-refractivity contribution in [1.82, 2.24) is 5.32 Å². The second-order valence-electron chi connectivity index (χ2n) is 7.82. The lowest BCUT2D eigenvalue weighted by molar-refractivity contribution is -0.389. The minimum Gasteiger partial charge on any atom is -0.357 e. The van der Waals surface area contributed by atoms with Crippen molar-refractivity contribution in [3.8, 4) is 0 Å². The van der Waals surface area contributed by atoms with Crippen LogP contribution in [0.15, 0.2) is 54.6 Å². The smallest absolute Gasteiger partial charge is 0.232 e. The molecule has 4 heteroatoms. The minimum absolute atomic E-state index is 0.156. The third-order valence-corrected chi connectivity index (χ3v) is 5.63. The Hall–Kier alpha value is -2.17. The van der Waals surface area contributed by atoms with Crippen LogP contribution in [0.4, 0.5) is 0 Å². The highest BCUT2D eigenvalue weighted by Crippen LogP contribution is 2.30. The van der Waals surface area contributed by atoms with Crippen LogP contribution in [0.5, 0.6) is 0 Å². The molecule has 0 saturated carbocycles. The van der Waals surface area contributed by atoms with Crippen molar-refractivity contribution in [2.45, 2.75) is 45.4 Å². The van der Waals surface area contributed by atoms with Gasteiger partial charge in [-0.2, -0.15) is 0 Å². The van der Waals surface area contributed by atoms with Crippen molar-refractivity contribution < 1.29 is 16.3 Å². The molecular formula is C24H37N3O+2. The van der Waals surface area contributed by atoms with Gasteiger partial charge in [0.05, 0.1) is 25.0 Å². The maximum Gasteiger partial charge on any atom is 0.232 e. The average molecular weight is 384 g/mol. The van der Waals surface area contributed by atoms with Crippen LogP contribution in [-0.4, -0.2) is 25.5 Å². The summed E-state index contributed by atoms with van der Waals surface area (Å²) in [6.07, 6.45) is 5.76. The van der Waals surface area contributed by atoms with E-state index < -0.39 is 0 Å². The number of aryl methyl sites for hydroxylation is 3. The quantitative estimate of drug-likeness (QED) is 0.514. The van der Waals surface area contributed by atoms with Gasteiger partial charge in [0.15, 0.2) is 0 Å². The minimum atomic E-state index is -0.380. The Bertz CT molecular complexity index is 700. The summed E-state index contributed by atoms with van der Waals surface area (Å²) in [7, 11) is 0. The SMILES string of the molecule is Cc1ccc(CCCC(C[NH3+])(CCCc2ccccc2)C(=O)NCC[NH3+])cc1. The lowest BCUT2D eigenvalue weighted by Gasteiger charge is -2.29. The van der Waals surface area contributed by atoms with E-state index in [0.29, 0.717) is 19.6 Å². The van der Waals surface area contributed by atoms with Crippen LogP contribution < -0.4 is 16.8 Å². The molecule has 1 unspecified atom stereocenters. The first-order chi connectivity index (χ1) is 13.6. The molecule has 152 valence electrons. The Morgan fingerprint density at radius 2 is 1.46 bits per heavy atom. The predicted octanol–water partition coefficient (Wildman–Crippen LogP) is 1.93. The summed E-state index contributed by atoms with van der Waals surface area (Å²) in [6, 6.07) is 19.2.